The third kappa shape index (κ3) is 9.46. The van der Waals surface area contributed by atoms with E-state index in [9.17, 15) is 5.26 Å². The number of fused-ring (bicyclic) bond motifs is 3. The Labute approximate surface area is 362 Å². The fraction of sp³-hybridized carbons (Fsp3) is 0.212. The minimum atomic E-state index is -1.63. The molecule has 3 heterocycles. The Morgan fingerprint density at radius 3 is 2.05 bits per heavy atom. The number of pyridine rings is 2. The van der Waals surface area contributed by atoms with E-state index in [1.165, 1.54) is 5.19 Å². The molecule has 0 amide bonds. The zero-order valence-electron chi connectivity index (χ0n) is 37.3. The molecular weight excluding hydrogens is 903 g/mol. The maximum atomic E-state index is 9.51. The summed E-state index contributed by atoms with van der Waals surface area (Å²) in [5.74, 6) is -0.706. The number of nitriles is 1. The van der Waals surface area contributed by atoms with E-state index in [1.807, 2.05) is 126 Å². The van der Waals surface area contributed by atoms with Gasteiger partial charge in [0.1, 0.15) is 5.58 Å². The van der Waals surface area contributed by atoms with Crippen molar-refractivity contribution >= 4 is 35.2 Å². The van der Waals surface area contributed by atoms with Crippen molar-refractivity contribution in [2.45, 2.75) is 66.5 Å². The van der Waals surface area contributed by atoms with E-state index < -0.39 is 25.8 Å². The Morgan fingerprint density at radius 2 is 1.41 bits per heavy atom. The molecule has 0 unspecified atom stereocenters. The summed E-state index contributed by atoms with van der Waals surface area (Å²) in [6.07, 6.45) is 2.14. The van der Waals surface area contributed by atoms with Crippen molar-refractivity contribution in [2.24, 2.45) is 5.41 Å². The number of furan rings is 1. The molecular formula is C52H49IrN3OSi-2. The molecule has 0 saturated heterocycles. The molecule has 0 aliphatic rings. The van der Waals surface area contributed by atoms with Crippen LogP contribution < -0.4 is 5.19 Å². The van der Waals surface area contributed by atoms with Crippen molar-refractivity contribution in [1.82, 2.24) is 9.97 Å². The van der Waals surface area contributed by atoms with Gasteiger partial charge in [0, 0.05) is 53.6 Å². The van der Waals surface area contributed by atoms with E-state index in [0.29, 0.717) is 16.8 Å². The molecule has 293 valence electrons. The first-order valence-corrected chi connectivity index (χ1v) is 22.8. The fourth-order valence-corrected chi connectivity index (χ4v) is 8.61. The van der Waals surface area contributed by atoms with Crippen LogP contribution in [0.3, 0.4) is 0 Å². The molecule has 3 aromatic heterocycles. The van der Waals surface area contributed by atoms with Crippen molar-refractivity contribution in [2.75, 3.05) is 0 Å². The standard InChI is InChI=1S/C28H24NO.C24H25N2Si.Ir/c1-28(2,3)18-19-14-15-29-25(16-19)21-12-13-26-24(17-21)23-11-7-10-22(27(23)30-26)20-8-5-4-6-9-20;1-17(2)21-14-23(26-16-24(21)27(3,4)5)19-11-12-20(15-25)22(13-19)18-9-7-6-8-10-18;/h4-11,13-17H,18H2,1-3H3;6-10,12-14,16-17H,1-5H3;/q2*-1;/i18D2;17D;. The minimum absolute atomic E-state index is 0. The molecule has 0 saturated carbocycles. The summed E-state index contributed by atoms with van der Waals surface area (Å²) >= 11 is 0. The van der Waals surface area contributed by atoms with Crippen molar-refractivity contribution in [3.63, 3.8) is 0 Å². The molecule has 0 spiro atoms. The Morgan fingerprint density at radius 1 is 0.776 bits per heavy atom. The fourth-order valence-electron chi connectivity index (χ4n) is 7.03. The van der Waals surface area contributed by atoms with Crippen LogP contribution in [0.1, 0.15) is 61.3 Å². The van der Waals surface area contributed by atoms with Gasteiger partial charge in [-0.25, -0.2) is 5.26 Å². The number of rotatable bonds is 7. The van der Waals surface area contributed by atoms with Crippen molar-refractivity contribution < 1.29 is 28.6 Å². The van der Waals surface area contributed by atoms with Crippen LogP contribution in [0, 0.1) is 28.9 Å². The Kier molecular flexibility index (Phi) is 11.6. The second kappa shape index (κ2) is 17.6. The van der Waals surface area contributed by atoms with Crippen molar-refractivity contribution in [1.29, 1.82) is 5.26 Å². The molecule has 5 aromatic carbocycles. The second-order valence-electron chi connectivity index (χ2n) is 16.6. The molecule has 0 atom stereocenters. The van der Waals surface area contributed by atoms with E-state index in [2.05, 4.69) is 67.1 Å². The van der Waals surface area contributed by atoms with Gasteiger partial charge in [0.15, 0.2) is 0 Å². The van der Waals surface area contributed by atoms with Crippen LogP contribution in [-0.4, -0.2) is 18.0 Å². The van der Waals surface area contributed by atoms with Gasteiger partial charge in [-0.3, -0.25) is 0 Å². The summed E-state index contributed by atoms with van der Waals surface area (Å²) < 4.78 is 32.1. The predicted molar refractivity (Wildman–Crippen MR) is 240 cm³/mol. The molecule has 0 aliphatic carbocycles. The maximum Gasteiger partial charge on any atom is 0.128 e. The number of para-hydroxylation sites is 1. The first-order valence-electron chi connectivity index (χ1n) is 20.8. The zero-order chi connectivity index (χ0) is 43.0. The van der Waals surface area contributed by atoms with Gasteiger partial charge in [-0.15, -0.1) is 47.5 Å². The largest absolute Gasteiger partial charge is 0.500 e. The van der Waals surface area contributed by atoms with E-state index in [1.54, 1.807) is 18.3 Å². The van der Waals surface area contributed by atoms with Crippen LogP contribution in [0.2, 0.25) is 19.6 Å². The smallest absolute Gasteiger partial charge is 0.128 e. The van der Waals surface area contributed by atoms with Gasteiger partial charge in [-0.05, 0) is 57.0 Å². The van der Waals surface area contributed by atoms with Gasteiger partial charge in [0.2, 0.25) is 0 Å². The summed E-state index contributed by atoms with van der Waals surface area (Å²) in [5.41, 5.74) is 10.5. The molecule has 8 rings (SSSR count). The Hall–Kier alpha value is -5.44. The molecule has 0 aliphatic heterocycles. The predicted octanol–water partition coefficient (Wildman–Crippen LogP) is 13.5. The van der Waals surface area contributed by atoms with Gasteiger partial charge in [-0.2, -0.15) is 0 Å². The number of benzene rings is 5. The summed E-state index contributed by atoms with van der Waals surface area (Å²) in [6, 6.07) is 48.3. The molecule has 4 nitrogen and oxygen atoms in total. The number of aromatic nitrogens is 2. The molecule has 58 heavy (non-hydrogen) atoms. The van der Waals surface area contributed by atoms with E-state index in [0.717, 1.165) is 66.6 Å². The van der Waals surface area contributed by atoms with Gasteiger partial charge in [0.05, 0.1) is 13.7 Å². The Balaban J connectivity index is 0.000000203. The number of nitrogens with zero attached hydrogens (tertiary/aromatic N) is 3. The summed E-state index contributed by atoms with van der Waals surface area (Å²) in [7, 11) is -1.63. The molecule has 0 fully saturated rings. The maximum absolute atomic E-state index is 9.51. The summed E-state index contributed by atoms with van der Waals surface area (Å²) in [5, 5.41) is 12.8. The van der Waals surface area contributed by atoms with Crippen LogP contribution in [0.25, 0.3) is 66.7 Å². The van der Waals surface area contributed by atoms with Crippen molar-refractivity contribution in [3.05, 3.63) is 163 Å². The average Bonchev–Trinajstić information content (AvgIpc) is 3.61. The minimum Gasteiger partial charge on any atom is -0.500 e. The first-order chi connectivity index (χ1) is 28.4. The molecule has 0 N–H and O–H groups in total. The first kappa shape index (κ1) is 38.1. The van der Waals surface area contributed by atoms with Crippen LogP contribution in [0.4, 0.5) is 0 Å². The van der Waals surface area contributed by atoms with E-state index >= 15 is 0 Å². The molecule has 0 bridgehead atoms. The summed E-state index contributed by atoms with van der Waals surface area (Å²) in [4.78, 5) is 9.23. The monoisotopic (exact) mass is 955 g/mol. The van der Waals surface area contributed by atoms with E-state index in [-0.39, 0.29) is 20.1 Å². The van der Waals surface area contributed by atoms with Crippen LogP contribution in [0.15, 0.2) is 138 Å². The van der Waals surface area contributed by atoms with E-state index in [4.69, 9.17) is 13.5 Å². The van der Waals surface area contributed by atoms with Gasteiger partial charge in [-0.1, -0.05) is 167 Å². The van der Waals surface area contributed by atoms with Crippen LogP contribution in [-0.2, 0) is 26.5 Å². The van der Waals surface area contributed by atoms with Gasteiger partial charge >= 0.3 is 0 Å². The SMILES string of the molecule is [2H]C(C)(C)c1cc(-c2[c-]cc(C#N)c(-c3ccccc3)c2)ncc1[Si](C)(C)C.[2H]C([2H])(c1ccnc(-c2[c-]cc3oc4c(-c5ccccc5)cccc4c3c2)c1)C(C)(C)C.[Ir]. The zero-order valence-corrected chi connectivity index (χ0v) is 37.7. The third-order valence-corrected chi connectivity index (χ3v) is 11.8. The summed E-state index contributed by atoms with van der Waals surface area (Å²) in [6.45, 7) is 16.4. The number of hydrogen-bond donors (Lipinski definition) is 0. The third-order valence-electron chi connectivity index (χ3n) is 9.75. The quantitative estimate of drug-likeness (QED) is 0.118. The second-order valence-corrected chi connectivity index (χ2v) is 21.6. The molecule has 6 heteroatoms. The van der Waals surface area contributed by atoms with Crippen molar-refractivity contribution in [3.8, 4) is 50.8 Å². The number of hydrogen-bond acceptors (Lipinski definition) is 4. The van der Waals surface area contributed by atoms with Gasteiger partial charge < -0.3 is 14.4 Å². The normalized spacial score (nSPS) is 12.7. The topological polar surface area (TPSA) is 62.7 Å². The molecule has 8 aromatic rings. The van der Waals surface area contributed by atoms with Crippen LogP contribution in [0.5, 0.6) is 0 Å². The Bertz CT molecular complexity index is 2870. The molecule has 1 radical (unpaired) electrons. The average molecular weight is 955 g/mol. The van der Waals surface area contributed by atoms with Crippen LogP contribution >= 0.6 is 0 Å². The van der Waals surface area contributed by atoms with Gasteiger partial charge in [0.25, 0.3) is 0 Å².